The highest BCUT2D eigenvalue weighted by Crippen LogP contribution is 2.20. The van der Waals surface area contributed by atoms with Crippen LogP contribution in [0.1, 0.15) is 23.3 Å². The summed E-state index contributed by atoms with van der Waals surface area (Å²) in [6.45, 7) is 1.23. The molecule has 0 radical (unpaired) electrons. The minimum absolute atomic E-state index is 0.0633. The molecule has 4 rings (SSSR count). The van der Waals surface area contributed by atoms with E-state index >= 15 is 0 Å². The molecule has 0 saturated carbocycles. The van der Waals surface area contributed by atoms with Crippen LogP contribution in [0.2, 0.25) is 0 Å². The Balaban J connectivity index is 1.23. The summed E-state index contributed by atoms with van der Waals surface area (Å²) >= 11 is 0. The van der Waals surface area contributed by atoms with Crippen molar-refractivity contribution < 1.29 is 18.7 Å². The largest absolute Gasteiger partial charge is 0.489 e. The Hall–Kier alpha value is -3.87. The second-order valence-corrected chi connectivity index (χ2v) is 7.33. The SMILES string of the molecule is O=C(N/N=C/c1ccc(OCc2ccccc2)cc1)C1CC(=O)N(Cc2ccco2)C1. The Labute approximate surface area is 180 Å². The molecule has 31 heavy (non-hydrogen) atoms. The third-order valence-electron chi connectivity index (χ3n) is 5.03. The van der Waals surface area contributed by atoms with E-state index in [2.05, 4.69) is 10.5 Å². The zero-order valence-electron chi connectivity index (χ0n) is 16.9. The lowest BCUT2D eigenvalue weighted by Gasteiger charge is -2.14. The minimum Gasteiger partial charge on any atom is -0.489 e. The monoisotopic (exact) mass is 417 g/mol. The molecule has 1 unspecified atom stereocenters. The number of carbonyl (C=O) groups excluding carboxylic acids is 2. The van der Waals surface area contributed by atoms with E-state index in [9.17, 15) is 9.59 Å². The first-order chi connectivity index (χ1) is 15.2. The minimum atomic E-state index is -0.423. The number of hydrogen-bond acceptors (Lipinski definition) is 5. The maximum atomic E-state index is 12.4. The van der Waals surface area contributed by atoms with Crippen LogP contribution < -0.4 is 10.2 Å². The molecule has 1 aliphatic rings. The number of ether oxygens (including phenoxy) is 1. The van der Waals surface area contributed by atoms with E-state index in [1.165, 1.54) is 0 Å². The molecule has 7 heteroatoms. The number of rotatable bonds is 8. The number of nitrogens with zero attached hydrogens (tertiary/aromatic N) is 2. The van der Waals surface area contributed by atoms with Gasteiger partial charge in [0.15, 0.2) is 0 Å². The van der Waals surface area contributed by atoms with Crippen molar-refractivity contribution in [2.75, 3.05) is 6.54 Å². The highest BCUT2D eigenvalue weighted by Gasteiger charge is 2.34. The average molecular weight is 417 g/mol. The number of carbonyl (C=O) groups is 2. The average Bonchev–Trinajstić information content (AvgIpc) is 3.44. The lowest BCUT2D eigenvalue weighted by Crippen LogP contribution is -2.30. The normalized spacial score (nSPS) is 16.1. The molecule has 0 aliphatic carbocycles. The Bertz CT molecular complexity index is 1030. The zero-order valence-corrected chi connectivity index (χ0v) is 16.9. The van der Waals surface area contributed by atoms with Gasteiger partial charge in [0.05, 0.1) is 24.9 Å². The van der Waals surface area contributed by atoms with Gasteiger partial charge in [-0.1, -0.05) is 30.3 Å². The van der Waals surface area contributed by atoms with Gasteiger partial charge in [-0.05, 0) is 47.5 Å². The van der Waals surface area contributed by atoms with E-state index in [0.717, 1.165) is 16.9 Å². The molecule has 1 saturated heterocycles. The second-order valence-electron chi connectivity index (χ2n) is 7.33. The van der Waals surface area contributed by atoms with E-state index in [0.29, 0.717) is 25.5 Å². The number of benzene rings is 2. The van der Waals surface area contributed by atoms with Gasteiger partial charge in [0, 0.05) is 13.0 Å². The van der Waals surface area contributed by atoms with Crippen LogP contribution in [0.5, 0.6) is 5.75 Å². The summed E-state index contributed by atoms with van der Waals surface area (Å²) in [5.41, 5.74) is 4.46. The maximum Gasteiger partial charge on any atom is 0.245 e. The van der Waals surface area contributed by atoms with Gasteiger partial charge >= 0.3 is 0 Å². The fourth-order valence-electron chi connectivity index (χ4n) is 3.34. The third kappa shape index (κ3) is 5.60. The Morgan fingerprint density at radius 1 is 1.13 bits per heavy atom. The van der Waals surface area contributed by atoms with Gasteiger partial charge < -0.3 is 14.1 Å². The third-order valence-corrected chi connectivity index (χ3v) is 5.03. The molecule has 1 atom stereocenters. The Morgan fingerprint density at radius 2 is 1.94 bits per heavy atom. The molecule has 1 aromatic heterocycles. The summed E-state index contributed by atoms with van der Waals surface area (Å²) in [5.74, 6) is 0.698. The fourth-order valence-corrected chi connectivity index (χ4v) is 3.34. The van der Waals surface area contributed by atoms with Gasteiger partial charge in [0.25, 0.3) is 0 Å². The molecular formula is C24H23N3O4. The number of furan rings is 1. The number of hydrogen-bond donors (Lipinski definition) is 1. The first-order valence-electron chi connectivity index (χ1n) is 10.1. The first-order valence-corrected chi connectivity index (χ1v) is 10.1. The summed E-state index contributed by atoms with van der Waals surface area (Å²) in [6.07, 6.45) is 3.31. The number of likely N-dealkylation sites (tertiary alicyclic amines) is 1. The van der Waals surface area contributed by atoms with Crippen molar-refractivity contribution in [3.63, 3.8) is 0 Å². The second kappa shape index (κ2) is 9.75. The summed E-state index contributed by atoms with van der Waals surface area (Å²) in [7, 11) is 0. The Morgan fingerprint density at radius 3 is 2.68 bits per heavy atom. The van der Waals surface area contributed by atoms with Gasteiger partial charge in [-0.25, -0.2) is 5.43 Å². The first kappa shape index (κ1) is 20.4. The molecule has 1 N–H and O–H groups in total. The van der Waals surface area contributed by atoms with Crippen molar-refractivity contribution in [2.24, 2.45) is 11.0 Å². The molecule has 2 amide bonds. The molecule has 0 spiro atoms. The molecule has 7 nitrogen and oxygen atoms in total. The number of hydrazone groups is 1. The van der Waals surface area contributed by atoms with Crippen molar-refractivity contribution in [2.45, 2.75) is 19.6 Å². The van der Waals surface area contributed by atoms with Crippen molar-refractivity contribution in [3.8, 4) is 5.75 Å². The van der Waals surface area contributed by atoms with Crippen LogP contribution in [-0.2, 0) is 22.7 Å². The molecule has 1 fully saturated rings. The van der Waals surface area contributed by atoms with E-state index in [1.54, 1.807) is 23.4 Å². The number of nitrogens with one attached hydrogen (secondary N) is 1. The smallest absolute Gasteiger partial charge is 0.245 e. The van der Waals surface area contributed by atoms with Gasteiger partial charge in [-0.15, -0.1) is 0 Å². The molecule has 1 aliphatic heterocycles. The van der Waals surface area contributed by atoms with Crippen molar-refractivity contribution in [3.05, 3.63) is 89.9 Å². The highest BCUT2D eigenvalue weighted by atomic mass is 16.5. The van der Waals surface area contributed by atoms with E-state index in [1.807, 2.05) is 60.7 Å². The fraction of sp³-hybridized carbons (Fsp3) is 0.208. The van der Waals surface area contributed by atoms with Crippen LogP contribution in [0.15, 0.2) is 82.5 Å². The standard InChI is InChI=1S/C24H23N3O4/c28-23-13-20(15-27(23)16-22-7-4-12-30-22)24(29)26-25-14-18-8-10-21(11-9-18)31-17-19-5-2-1-3-6-19/h1-12,14,20H,13,15-17H2,(H,26,29)/b25-14+. The summed E-state index contributed by atoms with van der Waals surface area (Å²) in [6, 6.07) is 21.0. The molecule has 2 heterocycles. The molecule has 3 aromatic rings. The predicted molar refractivity (Wildman–Crippen MR) is 115 cm³/mol. The lowest BCUT2D eigenvalue weighted by molar-refractivity contribution is -0.129. The summed E-state index contributed by atoms with van der Waals surface area (Å²) in [4.78, 5) is 26.1. The number of amides is 2. The Kier molecular flexibility index (Phi) is 6.42. The quantitative estimate of drug-likeness (QED) is 0.450. The van der Waals surface area contributed by atoms with Crippen molar-refractivity contribution >= 4 is 18.0 Å². The van der Waals surface area contributed by atoms with Crippen LogP contribution >= 0.6 is 0 Å². The summed E-state index contributed by atoms with van der Waals surface area (Å²) < 4.78 is 11.0. The molecule has 2 aromatic carbocycles. The van der Waals surface area contributed by atoms with Gasteiger partial charge in [-0.2, -0.15) is 5.10 Å². The van der Waals surface area contributed by atoms with Gasteiger partial charge in [0.1, 0.15) is 18.1 Å². The highest BCUT2D eigenvalue weighted by molar-refractivity contribution is 5.90. The molecule has 0 bridgehead atoms. The zero-order chi connectivity index (χ0) is 21.5. The molecule has 158 valence electrons. The van der Waals surface area contributed by atoms with Crippen LogP contribution in [-0.4, -0.2) is 29.5 Å². The van der Waals surface area contributed by atoms with Gasteiger partial charge in [-0.3, -0.25) is 9.59 Å². The van der Waals surface area contributed by atoms with Crippen LogP contribution in [0.3, 0.4) is 0 Å². The van der Waals surface area contributed by atoms with E-state index in [4.69, 9.17) is 9.15 Å². The van der Waals surface area contributed by atoms with Crippen molar-refractivity contribution in [1.29, 1.82) is 0 Å². The van der Waals surface area contributed by atoms with Crippen LogP contribution in [0.25, 0.3) is 0 Å². The molecular weight excluding hydrogens is 394 g/mol. The lowest BCUT2D eigenvalue weighted by atomic mass is 10.1. The predicted octanol–water partition coefficient (Wildman–Crippen LogP) is 3.36. The van der Waals surface area contributed by atoms with E-state index in [-0.39, 0.29) is 18.2 Å². The van der Waals surface area contributed by atoms with Crippen LogP contribution in [0, 0.1) is 5.92 Å². The van der Waals surface area contributed by atoms with Crippen LogP contribution in [0.4, 0.5) is 0 Å². The van der Waals surface area contributed by atoms with Gasteiger partial charge in [0.2, 0.25) is 11.8 Å². The van der Waals surface area contributed by atoms with Crippen molar-refractivity contribution in [1.82, 2.24) is 10.3 Å². The van der Waals surface area contributed by atoms with E-state index < -0.39 is 5.92 Å². The maximum absolute atomic E-state index is 12.4. The topological polar surface area (TPSA) is 84.1 Å². The summed E-state index contributed by atoms with van der Waals surface area (Å²) in [5, 5.41) is 4.02.